The Morgan fingerprint density at radius 3 is 2.53 bits per heavy atom. The highest BCUT2D eigenvalue weighted by molar-refractivity contribution is 7.97. The number of nitrogens with zero attached hydrogens (tertiary/aromatic N) is 4. The van der Waals surface area contributed by atoms with Crippen LogP contribution in [-0.4, -0.2) is 24.3 Å². The van der Waals surface area contributed by atoms with E-state index < -0.39 is 0 Å². The molecule has 0 aromatic carbocycles. The van der Waals surface area contributed by atoms with Gasteiger partial charge in [0.2, 0.25) is 0 Å². The first kappa shape index (κ1) is 10.0. The third kappa shape index (κ3) is 1.23. The fourth-order valence-corrected chi connectivity index (χ4v) is 1.94. The average molecular weight is 226 g/mol. The lowest BCUT2D eigenvalue weighted by Gasteiger charge is -2.03. The van der Waals surface area contributed by atoms with Gasteiger partial charge in [0, 0.05) is 20.4 Å². The lowest BCUT2D eigenvalue weighted by atomic mass is 10.5. The van der Waals surface area contributed by atoms with Crippen LogP contribution >= 0.6 is 11.9 Å². The summed E-state index contributed by atoms with van der Waals surface area (Å²) in [5.41, 5.74) is 0.170. The lowest BCUT2D eigenvalue weighted by Crippen LogP contribution is -2.37. The molecule has 0 saturated heterocycles. The van der Waals surface area contributed by atoms with Crippen LogP contribution in [-0.2, 0) is 14.1 Å². The third-order valence-corrected chi connectivity index (χ3v) is 2.98. The monoisotopic (exact) mass is 226 g/mol. The van der Waals surface area contributed by atoms with E-state index in [4.69, 9.17) is 0 Å². The highest BCUT2D eigenvalue weighted by Crippen LogP contribution is 2.10. The van der Waals surface area contributed by atoms with Crippen LogP contribution in [0.2, 0.25) is 0 Å². The van der Waals surface area contributed by atoms with Gasteiger partial charge in [0.1, 0.15) is 6.33 Å². The molecule has 6 nitrogen and oxygen atoms in total. The highest BCUT2D eigenvalue weighted by Gasteiger charge is 2.13. The minimum Gasteiger partial charge on any atom is -0.279 e. The molecule has 0 aliphatic carbocycles. The van der Waals surface area contributed by atoms with Gasteiger partial charge in [0.05, 0.1) is 0 Å². The zero-order valence-electron chi connectivity index (χ0n) is 8.59. The zero-order chi connectivity index (χ0) is 11.2. The number of aryl methyl sites for hydroxylation is 1. The second-order valence-corrected chi connectivity index (χ2v) is 3.89. The topological polar surface area (TPSA) is 61.8 Å². The van der Waals surface area contributed by atoms with Crippen LogP contribution in [0.5, 0.6) is 0 Å². The summed E-state index contributed by atoms with van der Waals surface area (Å²) in [6.45, 7) is 0. The largest absolute Gasteiger partial charge is 0.332 e. The van der Waals surface area contributed by atoms with Crippen LogP contribution in [0.15, 0.2) is 15.9 Å². The van der Waals surface area contributed by atoms with Gasteiger partial charge >= 0.3 is 5.69 Å². The van der Waals surface area contributed by atoms with Crippen molar-refractivity contribution in [3.05, 3.63) is 27.2 Å². The number of imidazole rings is 1. The van der Waals surface area contributed by atoms with E-state index in [2.05, 4.69) is 4.98 Å². The van der Waals surface area contributed by atoms with Gasteiger partial charge in [0.15, 0.2) is 11.2 Å². The predicted molar refractivity (Wildman–Crippen MR) is 59.1 cm³/mol. The molecular weight excluding hydrogens is 216 g/mol. The van der Waals surface area contributed by atoms with Gasteiger partial charge in [-0.2, -0.15) is 0 Å². The quantitative estimate of drug-likeness (QED) is 0.661. The van der Waals surface area contributed by atoms with Crippen LogP contribution in [0.4, 0.5) is 0 Å². The van der Waals surface area contributed by atoms with Crippen molar-refractivity contribution in [3.63, 3.8) is 0 Å². The average Bonchev–Trinajstić information content (AvgIpc) is 2.67. The molecule has 0 fully saturated rings. The van der Waals surface area contributed by atoms with Crippen LogP contribution in [0.3, 0.4) is 0 Å². The summed E-state index contributed by atoms with van der Waals surface area (Å²) < 4.78 is 4.09. The fourth-order valence-electron chi connectivity index (χ4n) is 1.46. The first-order valence-electron chi connectivity index (χ1n) is 4.25. The van der Waals surface area contributed by atoms with Crippen molar-refractivity contribution < 1.29 is 0 Å². The molecule has 0 atom stereocenters. The summed E-state index contributed by atoms with van der Waals surface area (Å²) in [5, 5.41) is 0. The van der Waals surface area contributed by atoms with Gasteiger partial charge in [-0.3, -0.25) is 17.9 Å². The summed E-state index contributed by atoms with van der Waals surface area (Å²) in [6.07, 6.45) is 3.38. The molecule has 0 spiro atoms. The maximum absolute atomic E-state index is 11.8. The Bertz CT molecular complexity index is 636. The van der Waals surface area contributed by atoms with Gasteiger partial charge < -0.3 is 0 Å². The van der Waals surface area contributed by atoms with E-state index in [1.54, 1.807) is 11.0 Å². The van der Waals surface area contributed by atoms with E-state index in [9.17, 15) is 9.59 Å². The second kappa shape index (κ2) is 3.27. The van der Waals surface area contributed by atoms with E-state index in [1.165, 1.54) is 29.9 Å². The van der Waals surface area contributed by atoms with E-state index in [-0.39, 0.29) is 11.2 Å². The predicted octanol–water partition coefficient (Wildman–Crippen LogP) is -0.440. The minimum absolute atomic E-state index is 0.319. The number of hydrogen-bond donors (Lipinski definition) is 0. The first-order chi connectivity index (χ1) is 7.07. The van der Waals surface area contributed by atoms with E-state index >= 15 is 0 Å². The van der Waals surface area contributed by atoms with Crippen molar-refractivity contribution in [2.24, 2.45) is 14.1 Å². The summed E-state index contributed by atoms with van der Waals surface area (Å²) in [7, 11) is 3.06. The molecule has 0 aliphatic rings. The lowest BCUT2D eigenvalue weighted by molar-refractivity contribution is 0.708. The molecule has 2 rings (SSSR count). The fraction of sp³-hybridized carbons (Fsp3) is 0.375. The van der Waals surface area contributed by atoms with Gasteiger partial charge in [-0.15, -0.1) is 0 Å². The highest BCUT2D eigenvalue weighted by atomic mass is 32.2. The van der Waals surface area contributed by atoms with Gasteiger partial charge in [-0.05, 0) is 11.9 Å². The van der Waals surface area contributed by atoms with Crippen molar-refractivity contribution in [2.75, 3.05) is 6.26 Å². The number of aromatic nitrogens is 4. The summed E-state index contributed by atoms with van der Waals surface area (Å²) >= 11 is 1.37. The van der Waals surface area contributed by atoms with Crippen molar-refractivity contribution in [3.8, 4) is 0 Å². The van der Waals surface area contributed by atoms with E-state index in [0.29, 0.717) is 11.2 Å². The van der Waals surface area contributed by atoms with E-state index in [1.807, 2.05) is 6.26 Å². The van der Waals surface area contributed by atoms with Crippen molar-refractivity contribution in [1.82, 2.24) is 18.1 Å². The molecular formula is C8H10N4O2S. The Kier molecular flexibility index (Phi) is 2.18. The number of rotatable bonds is 1. The van der Waals surface area contributed by atoms with Crippen LogP contribution < -0.4 is 11.2 Å². The molecule has 0 N–H and O–H groups in total. The van der Waals surface area contributed by atoms with Crippen molar-refractivity contribution in [2.45, 2.75) is 0 Å². The molecule has 2 heterocycles. The first-order valence-corrected chi connectivity index (χ1v) is 5.43. The molecule has 7 heteroatoms. The van der Waals surface area contributed by atoms with Gasteiger partial charge in [-0.25, -0.2) is 9.78 Å². The third-order valence-electron chi connectivity index (χ3n) is 2.31. The molecule has 2 aromatic rings. The Hall–Kier alpha value is -1.50. The van der Waals surface area contributed by atoms with E-state index in [0.717, 1.165) is 4.57 Å². The summed E-state index contributed by atoms with van der Waals surface area (Å²) in [5.74, 6) is 0. The Morgan fingerprint density at radius 1 is 1.27 bits per heavy atom. The molecule has 0 saturated carbocycles. The summed E-state index contributed by atoms with van der Waals surface area (Å²) in [6, 6.07) is 0. The smallest absolute Gasteiger partial charge is 0.279 e. The zero-order valence-corrected chi connectivity index (χ0v) is 9.41. The normalized spacial score (nSPS) is 11.1. The van der Waals surface area contributed by atoms with Gasteiger partial charge in [-0.1, -0.05) is 0 Å². The maximum Gasteiger partial charge on any atom is 0.332 e. The Labute approximate surface area is 89.3 Å². The van der Waals surface area contributed by atoms with Crippen LogP contribution in [0.25, 0.3) is 11.2 Å². The molecule has 2 aromatic heterocycles. The SMILES string of the molecule is CSn1cnc2c1c(=O)n(C)c(=O)n2C. The number of hydrogen-bond acceptors (Lipinski definition) is 4. The van der Waals surface area contributed by atoms with Crippen LogP contribution in [0.1, 0.15) is 0 Å². The molecule has 0 amide bonds. The Balaban J connectivity index is 3.11. The van der Waals surface area contributed by atoms with Crippen molar-refractivity contribution in [1.29, 1.82) is 0 Å². The Morgan fingerprint density at radius 2 is 1.93 bits per heavy atom. The second-order valence-electron chi connectivity index (χ2n) is 3.13. The molecule has 0 aliphatic heterocycles. The van der Waals surface area contributed by atoms with Crippen molar-refractivity contribution >= 4 is 23.1 Å². The molecule has 0 bridgehead atoms. The van der Waals surface area contributed by atoms with Gasteiger partial charge in [0.25, 0.3) is 5.56 Å². The minimum atomic E-state index is -0.362. The summed E-state index contributed by atoms with van der Waals surface area (Å²) in [4.78, 5) is 27.4. The molecule has 0 radical (unpaired) electrons. The maximum atomic E-state index is 11.8. The standard InChI is InChI=1S/C8H10N4O2S/c1-10-6-5(12(15-3)4-9-6)7(13)11(2)8(10)14/h4H,1-3H3. The van der Waals surface area contributed by atoms with Crippen LogP contribution in [0, 0.1) is 0 Å². The molecule has 15 heavy (non-hydrogen) atoms. The molecule has 0 unspecified atom stereocenters. The number of fused-ring (bicyclic) bond motifs is 1. The molecule has 80 valence electrons.